The van der Waals surface area contributed by atoms with Gasteiger partial charge in [0.1, 0.15) is 5.69 Å². The van der Waals surface area contributed by atoms with Gasteiger partial charge in [0.2, 0.25) is 0 Å². The molecule has 0 bridgehead atoms. The molecular weight excluding hydrogens is 218 g/mol. The van der Waals surface area contributed by atoms with Gasteiger partial charge in [0.25, 0.3) is 5.91 Å². The van der Waals surface area contributed by atoms with Gasteiger partial charge in [-0.2, -0.15) is 0 Å². The average molecular weight is 237 g/mol. The van der Waals surface area contributed by atoms with Crippen molar-refractivity contribution in [3.8, 4) is 0 Å². The third kappa shape index (κ3) is 4.50. The summed E-state index contributed by atoms with van der Waals surface area (Å²) in [7, 11) is 1.61. The number of carbonyl (C=O) groups excluding carboxylic acids is 1. The summed E-state index contributed by atoms with van der Waals surface area (Å²) in [5.74, 6) is -0.160. The van der Waals surface area contributed by atoms with E-state index < -0.39 is 0 Å². The number of hydrogen-bond acceptors (Lipinski definition) is 4. The molecule has 1 aromatic rings. The summed E-state index contributed by atoms with van der Waals surface area (Å²) in [5, 5.41) is 2.79. The van der Waals surface area contributed by atoms with Gasteiger partial charge in [-0.1, -0.05) is 6.07 Å². The first-order valence-electron chi connectivity index (χ1n) is 5.59. The predicted octanol–water partition coefficient (Wildman–Crippen LogP) is 0.484. The van der Waals surface area contributed by atoms with Crippen molar-refractivity contribution in [3.05, 3.63) is 29.6 Å². The van der Waals surface area contributed by atoms with Crippen molar-refractivity contribution in [2.24, 2.45) is 5.73 Å². The van der Waals surface area contributed by atoms with Gasteiger partial charge in [-0.3, -0.25) is 9.78 Å². The van der Waals surface area contributed by atoms with Gasteiger partial charge < -0.3 is 15.8 Å². The molecule has 94 valence electrons. The van der Waals surface area contributed by atoms with E-state index in [1.165, 1.54) is 0 Å². The van der Waals surface area contributed by atoms with Crippen molar-refractivity contribution >= 4 is 5.91 Å². The van der Waals surface area contributed by atoms with E-state index in [9.17, 15) is 4.79 Å². The second kappa shape index (κ2) is 6.98. The number of amides is 1. The first-order chi connectivity index (χ1) is 8.15. The van der Waals surface area contributed by atoms with Gasteiger partial charge in [-0.05, 0) is 25.0 Å². The quantitative estimate of drug-likeness (QED) is 0.754. The highest BCUT2D eigenvalue weighted by Gasteiger charge is 2.09. The molecule has 0 radical (unpaired) electrons. The Morgan fingerprint density at radius 1 is 1.65 bits per heavy atom. The molecule has 0 aliphatic rings. The Kier molecular flexibility index (Phi) is 5.59. The molecule has 0 saturated carbocycles. The normalized spacial score (nSPS) is 12.2. The second-order valence-corrected chi connectivity index (χ2v) is 3.93. The van der Waals surface area contributed by atoms with Crippen molar-refractivity contribution in [1.29, 1.82) is 0 Å². The van der Waals surface area contributed by atoms with Crippen molar-refractivity contribution in [2.75, 3.05) is 20.3 Å². The van der Waals surface area contributed by atoms with Crippen LogP contribution in [-0.2, 0) is 4.74 Å². The molecule has 3 N–H and O–H groups in total. The molecule has 0 aliphatic heterocycles. The molecule has 1 aromatic heterocycles. The first-order valence-corrected chi connectivity index (χ1v) is 5.59. The van der Waals surface area contributed by atoms with Crippen LogP contribution in [0.1, 0.15) is 22.5 Å². The Labute approximate surface area is 101 Å². The summed E-state index contributed by atoms with van der Waals surface area (Å²) in [4.78, 5) is 15.8. The molecule has 17 heavy (non-hydrogen) atoms. The van der Waals surface area contributed by atoms with Crippen LogP contribution in [0.25, 0.3) is 0 Å². The van der Waals surface area contributed by atoms with E-state index >= 15 is 0 Å². The molecular formula is C12H19N3O2. The van der Waals surface area contributed by atoms with Crippen molar-refractivity contribution in [2.45, 2.75) is 19.4 Å². The standard InChI is InChI=1S/C12H19N3O2/c1-9-4-3-6-14-11(9)12(16)15-7-5-10(13)8-17-2/h3-4,6,10H,5,7-8,13H2,1-2H3,(H,15,16). The molecule has 5 heteroatoms. The summed E-state index contributed by atoms with van der Waals surface area (Å²) in [5.41, 5.74) is 7.08. The molecule has 5 nitrogen and oxygen atoms in total. The molecule has 1 amide bonds. The maximum atomic E-state index is 11.8. The van der Waals surface area contributed by atoms with E-state index in [0.717, 1.165) is 5.56 Å². The minimum absolute atomic E-state index is 0.0508. The average Bonchev–Trinajstić information content (AvgIpc) is 2.29. The Morgan fingerprint density at radius 2 is 2.41 bits per heavy atom. The highest BCUT2D eigenvalue weighted by Crippen LogP contribution is 2.02. The number of ether oxygens (including phenoxy) is 1. The van der Waals surface area contributed by atoms with Crippen LogP contribution in [0.2, 0.25) is 0 Å². The number of hydrogen-bond donors (Lipinski definition) is 2. The van der Waals surface area contributed by atoms with E-state index in [-0.39, 0.29) is 11.9 Å². The lowest BCUT2D eigenvalue weighted by molar-refractivity contribution is 0.0944. The van der Waals surface area contributed by atoms with Crippen LogP contribution in [0.5, 0.6) is 0 Å². The number of rotatable bonds is 6. The van der Waals surface area contributed by atoms with Crippen LogP contribution in [0.3, 0.4) is 0 Å². The zero-order valence-corrected chi connectivity index (χ0v) is 10.3. The fourth-order valence-electron chi connectivity index (χ4n) is 1.48. The summed E-state index contributed by atoms with van der Waals surface area (Å²) in [6, 6.07) is 3.62. The largest absolute Gasteiger partial charge is 0.383 e. The number of nitrogens with one attached hydrogen (secondary N) is 1. The maximum absolute atomic E-state index is 11.8. The smallest absolute Gasteiger partial charge is 0.270 e. The van der Waals surface area contributed by atoms with Crippen LogP contribution in [0.4, 0.5) is 0 Å². The second-order valence-electron chi connectivity index (χ2n) is 3.93. The van der Waals surface area contributed by atoms with Gasteiger partial charge in [0.15, 0.2) is 0 Å². The number of aryl methyl sites for hydroxylation is 1. The lowest BCUT2D eigenvalue weighted by atomic mass is 10.2. The summed E-state index contributed by atoms with van der Waals surface area (Å²) in [6.45, 7) is 2.89. The number of aromatic nitrogens is 1. The van der Waals surface area contributed by atoms with Gasteiger partial charge >= 0.3 is 0 Å². The number of nitrogens with zero attached hydrogens (tertiary/aromatic N) is 1. The Hall–Kier alpha value is -1.46. The molecule has 0 fully saturated rings. The number of nitrogens with two attached hydrogens (primary N) is 1. The Bertz CT molecular complexity index is 369. The van der Waals surface area contributed by atoms with Crippen molar-refractivity contribution in [3.63, 3.8) is 0 Å². The van der Waals surface area contributed by atoms with Crippen molar-refractivity contribution in [1.82, 2.24) is 10.3 Å². The van der Waals surface area contributed by atoms with Gasteiger partial charge in [0, 0.05) is 25.9 Å². The van der Waals surface area contributed by atoms with E-state index in [1.54, 1.807) is 19.4 Å². The predicted molar refractivity (Wildman–Crippen MR) is 65.8 cm³/mol. The zero-order chi connectivity index (χ0) is 12.7. The maximum Gasteiger partial charge on any atom is 0.270 e. The highest BCUT2D eigenvalue weighted by molar-refractivity contribution is 5.93. The summed E-state index contributed by atoms with van der Waals surface area (Å²) < 4.78 is 4.91. The molecule has 0 spiro atoms. The molecule has 1 heterocycles. The molecule has 1 unspecified atom stereocenters. The van der Waals surface area contributed by atoms with Crippen LogP contribution < -0.4 is 11.1 Å². The molecule has 0 saturated heterocycles. The lowest BCUT2D eigenvalue weighted by Crippen LogP contribution is -2.33. The van der Waals surface area contributed by atoms with Crippen LogP contribution in [-0.4, -0.2) is 37.2 Å². The molecule has 0 aromatic carbocycles. The van der Waals surface area contributed by atoms with E-state index in [1.807, 2.05) is 13.0 Å². The van der Waals surface area contributed by atoms with Crippen LogP contribution >= 0.6 is 0 Å². The zero-order valence-electron chi connectivity index (χ0n) is 10.3. The number of pyridine rings is 1. The molecule has 1 rings (SSSR count). The number of carbonyl (C=O) groups is 1. The Morgan fingerprint density at radius 3 is 3.06 bits per heavy atom. The third-order valence-corrected chi connectivity index (χ3v) is 2.41. The highest BCUT2D eigenvalue weighted by atomic mass is 16.5. The fraction of sp³-hybridized carbons (Fsp3) is 0.500. The monoisotopic (exact) mass is 237 g/mol. The lowest BCUT2D eigenvalue weighted by Gasteiger charge is -2.11. The van der Waals surface area contributed by atoms with E-state index in [4.69, 9.17) is 10.5 Å². The number of methoxy groups -OCH3 is 1. The molecule has 0 aliphatic carbocycles. The topological polar surface area (TPSA) is 77.2 Å². The Balaban J connectivity index is 2.38. The minimum Gasteiger partial charge on any atom is -0.383 e. The SMILES string of the molecule is COCC(N)CCNC(=O)c1ncccc1C. The third-order valence-electron chi connectivity index (χ3n) is 2.41. The van der Waals surface area contributed by atoms with Gasteiger partial charge in [-0.15, -0.1) is 0 Å². The van der Waals surface area contributed by atoms with Gasteiger partial charge in [-0.25, -0.2) is 0 Å². The fourth-order valence-corrected chi connectivity index (χ4v) is 1.48. The van der Waals surface area contributed by atoms with Crippen molar-refractivity contribution < 1.29 is 9.53 Å². The summed E-state index contributed by atoms with van der Waals surface area (Å²) in [6.07, 6.45) is 2.30. The molecule has 1 atom stereocenters. The van der Waals surface area contributed by atoms with Crippen LogP contribution in [0.15, 0.2) is 18.3 Å². The van der Waals surface area contributed by atoms with Gasteiger partial charge in [0.05, 0.1) is 6.61 Å². The first kappa shape index (κ1) is 13.6. The summed E-state index contributed by atoms with van der Waals surface area (Å²) >= 11 is 0. The van der Waals surface area contributed by atoms with E-state index in [2.05, 4.69) is 10.3 Å². The van der Waals surface area contributed by atoms with E-state index in [0.29, 0.717) is 25.3 Å². The minimum atomic E-state index is -0.160. The van der Waals surface area contributed by atoms with Crippen LogP contribution in [0, 0.1) is 6.92 Å².